The smallest absolute Gasteiger partial charge is 0.372 e. The molecule has 126 valence electrons. The Labute approximate surface area is 130 Å². The summed E-state index contributed by atoms with van der Waals surface area (Å²) in [7, 11) is -2.80. The molecule has 2 unspecified atom stereocenters. The van der Waals surface area contributed by atoms with Crippen LogP contribution in [0.15, 0.2) is 0 Å². The predicted octanol–water partition coefficient (Wildman–Crippen LogP) is 2.94. The lowest BCUT2D eigenvalue weighted by molar-refractivity contribution is -0.0201. The normalized spacial score (nSPS) is 19.7. The van der Waals surface area contributed by atoms with Crippen LogP contribution in [0.4, 0.5) is 0 Å². The second kappa shape index (κ2) is 10.7. The standard InChI is InChI=1S/C15H32O5Si/c1-5-9-18-21(19-10-6-2,20-11-7-3)15(8-4)17-13-14-12-16-14/h14-15H,5-13H2,1-4H3. The maximum Gasteiger partial charge on any atom is 0.531 e. The molecule has 1 fully saturated rings. The zero-order valence-corrected chi connectivity index (χ0v) is 15.1. The summed E-state index contributed by atoms with van der Waals surface area (Å²) in [6, 6.07) is 0. The summed E-state index contributed by atoms with van der Waals surface area (Å²) in [5.41, 5.74) is -0.105. The van der Waals surface area contributed by atoms with Crippen molar-refractivity contribution < 1.29 is 22.8 Å². The second-order valence-electron chi connectivity index (χ2n) is 5.33. The molecule has 0 bridgehead atoms. The maximum atomic E-state index is 6.12. The van der Waals surface area contributed by atoms with E-state index in [-0.39, 0.29) is 11.8 Å². The summed E-state index contributed by atoms with van der Waals surface area (Å²) in [6.45, 7) is 11.7. The van der Waals surface area contributed by atoms with Gasteiger partial charge in [0.2, 0.25) is 0 Å². The van der Waals surface area contributed by atoms with Gasteiger partial charge >= 0.3 is 8.80 Å². The molecule has 0 aromatic rings. The number of epoxide rings is 1. The molecular formula is C15H32O5Si. The van der Waals surface area contributed by atoms with Gasteiger partial charge in [0.1, 0.15) is 11.8 Å². The van der Waals surface area contributed by atoms with Crippen molar-refractivity contribution in [2.75, 3.05) is 33.0 Å². The molecule has 5 nitrogen and oxygen atoms in total. The zero-order chi connectivity index (χ0) is 15.6. The molecule has 21 heavy (non-hydrogen) atoms. The summed E-state index contributed by atoms with van der Waals surface area (Å²) < 4.78 is 29.6. The Hall–Kier alpha value is 0.0169. The Morgan fingerprint density at radius 2 is 1.43 bits per heavy atom. The number of hydrogen-bond acceptors (Lipinski definition) is 5. The van der Waals surface area contributed by atoms with Gasteiger partial charge in [-0.05, 0) is 25.7 Å². The lowest BCUT2D eigenvalue weighted by Gasteiger charge is -2.35. The predicted molar refractivity (Wildman–Crippen MR) is 84.3 cm³/mol. The minimum Gasteiger partial charge on any atom is -0.372 e. The summed E-state index contributed by atoms with van der Waals surface area (Å²) >= 11 is 0. The molecule has 1 rings (SSSR count). The molecule has 1 saturated heterocycles. The van der Waals surface area contributed by atoms with E-state index in [4.69, 9.17) is 22.8 Å². The SMILES string of the molecule is CCCO[Si](OCCC)(OCCC)C(CC)OCC1CO1. The van der Waals surface area contributed by atoms with Gasteiger partial charge in [0.15, 0.2) is 0 Å². The van der Waals surface area contributed by atoms with Crippen LogP contribution >= 0.6 is 0 Å². The summed E-state index contributed by atoms with van der Waals surface area (Å²) in [6.07, 6.45) is 3.91. The van der Waals surface area contributed by atoms with Crippen molar-refractivity contribution in [1.29, 1.82) is 0 Å². The molecular weight excluding hydrogens is 288 g/mol. The van der Waals surface area contributed by atoms with Crippen molar-refractivity contribution in [2.24, 2.45) is 0 Å². The molecule has 1 aliphatic rings. The Kier molecular flexibility index (Phi) is 9.71. The van der Waals surface area contributed by atoms with E-state index in [2.05, 4.69) is 27.7 Å². The molecule has 1 aliphatic heterocycles. The molecule has 0 spiro atoms. The van der Waals surface area contributed by atoms with Crippen molar-refractivity contribution in [3.8, 4) is 0 Å². The Balaban J connectivity index is 2.73. The van der Waals surface area contributed by atoms with Gasteiger partial charge in [-0.2, -0.15) is 0 Å². The molecule has 0 amide bonds. The van der Waals surface area contributed by atoms with Crippen LogP contribution in [0.25, 0.3) is 0 Å². The highest BCUT2D eigenvalue weighted by Crippen LogP contribution is 2.23. The number of rotatable bonds is 14. The van der Waals surface area contributed by atoms with Crippen LogP contribution in [0, 0.1) is 0 Å². The van der Waals surface area contributed by atoms with E-state index >= 15 is 0 Å². The van der Waals surface area contributed by atoms with Gasteiger partial charge < -0.3 is 22.8 Å². The van der Waals surface area contributed by atoms with Crippen molar-refractivity contribution >= 4 is 8.80 Å². The van der Waals surface area contributed by atoms with Gasteiger partial charge in [-0.25, -0.2) is 0 Å². The molecule has 2 atom stereocenters. The zero-order valence-electron chi connectivity index (χ0n) is 14.1. The first-order valence-corrected chi connectivity index (χ1v) is 10.2. The fourth-order valence-corrected chi connectivity index (χ4v) is 5.07. The van der Waals surface area contributed by atoms with Crippen molar-refractivity contribution in [3.63, 3.8) is 0 Å². The average Bonchev–Trinajstić information content (AvgIpc) is 3.32. The molecule has 1 heterocycles. The van der Waals surface area contributed by atoms with Crippen LogP contribution in [0.1, 0.15) is 53.4 Å². The van der Waals surface area contributed by atoms with E-state index in [9.17, 15) is 0 Å². The molecule has 0 aromatic carbocycles. The Morgan fingerprint density at radius 3 is 1.76 bits per heavy atom. The highest BCUT2D eigenvalue weighted by atomic mass is 28.4. The van der Waals surface area contributed by atoms with E-state index < -0.39 is 8.80 Å². The highest BCUT2D eigenvalue weighted by Gasteiger charge is 2.50. The van der Waals surface area contributed by atoms with Crippen LogP contribution in [0.3, 0.4) is 0 Å². The monoisotopic (exact) mass is 320 g/mol. The first-order chi connectivity index (χ1) is 10.2. The highest BCUT2D eigenvalue weighted by molar-refractivity contribution is 6.62. The first kappa shape index (κ1) is 19.1. The van der Waals surface area contributed by atoms with Crippen molar-refractivity contribution in [3.05, 3.63) is 0 Å². The van der Waals surface area contributed by atoms with Gasteiger partial charge in [-0.1, -0.05) is 27.7 Å². The number of ether oxygens (including phenoxy) is 2. The lowest BCUT2D eigenvalue weighted by Crippen LogP contribution is -2.58. The van der Waals surface area contributed by atoms with Crippen LogP contribution < -0.4 is 0 Å². The third-order valence-electron chi connectivity index (χ3n) is 3.17. The van der Waals surface area contributed by atoms with E-state index in [0.717, 1.165) is 32.3 Å². The third kappa shape index (κ3) is 6.75. The van der Waals surface area contributed by atoms with Gasteiger partial charge in [0, 0.05) is 19.8 Å². The molecule has 0 aliphatic carbocycles. The van der Waals surface area contributed by atoms with E-state index in [1.54, 1.807) is 0 Å². The van der Waals surface area contributed by atoms with E-state index in [1.165, 1.54) is 0 Å². The Bertz CT molecular complexity index is 239. The van der Waals surface area contributed by atoms with Crippen LogP contribution in [0.5, 0.6) is 0 Å². The first-order valence-electron chi connectivity index (χ1n) is 8.37. The summed E-state index contributed by atoms with van der Waals surface area (Å²) in [5.74, 6) is 0. The quantitative estimate of drug-likeness (QED) is 0.364. The van der Waals surface area contributed by atoms with E-state index in [1.807, 2.05) is 0 Å². The summed E-state index contributed by atoms with van der Waals surface area (Å²) in [5, 5.41) is 0. The fourth-order valence-electron chi connectivity index (χ4n) is 1.99. The largest absolute Gasteiger partial charge is 0.531 e. The van der Waals surface area contributed by atoms with Crippen LogP contribution in [0.2, 0.25) is 0 Å². The molecule has 0 N–H and O–H groups in total. The summed E-state index contributed by atoms with van der Waals surface area (Å²) in [4.78, 5) is 0. The van der Waals surface area contributed by atoms with Crippen LogP contribution in [-0.2, 0) is 22.8 Å². The van der Waals surface area contributed by atoms with E-state index in [0.29, 0.717) is 26.4 Å². The lowest BCUT2D eigenvalue weighted by atomic mass is 10.5. The maximum absolute atomic E-state index is 6.12. The van der Waals surface area contributed by atoms with Gasteiger partial charge in [-0.15, -0.1) is 0 Å². The molecule has 0 saturated carbocycles. The van der Waals surface area contributed by atoms with Gasteiger partial charge in [-0.3, -0.25) is 0 Å². The molecule has 6 heteroatoms. The molecule has 0 aromatic heterocycles. The van der Waals surface area contributed by atoms with Gasteiger partial charge in [0.25, 0.3) is 0 Å². The minimum absolute atomic E-state index is 0.105. The minimum atomic E-state index is -2.80. The third-order valence-corrected chi connectivity index (χ3v) is 6.36. The van der Waals surface area contributed by atoms with Crippen molar-refractivity contribution in [1.82, 2.24) is 0 Å². The van der Waals surface area contributed by atoms with Crippen molar-refractivity contribution in [2.45, 2.75) is 65.2 Å². The topological polar surface area (TPSA) is 49.5 Å². The molecule has 0 radical (unpaired) electrons. The second-order valence-corrected chi connectivity index (χ2v) is 8.05. The number of hydrogen-bond donors (Lipinski definition) is 0. The fraction of sp³-hybridized carbons (Fsp3) is 1.00. The van der Waals surface area contributed by atoms with Crippen LogP contribution in [-0.4, -0.2) is 53.7 Å². The van der Waals surface area contributed by atoms with Gasteiger partial charge in [0.05, 0.1) is 13.2 Å². The Morgan fingerprint density at radius 1 is 0.952 bits per heavy atom. The average molecular weight is 321 g/mol.